The van der Waals surface area contributed by atoms with Gasteiger partial charge in [-0.25, -0.2) is 5.84 Å². The molecule has 0 atom stereocenters. The van der Waals surface area contributed by atoms with E-state index in [1.165, 1.54) is 11.2 Å². The third-order valence-corrected chi connectivity index (χ3v) is 5.99. The van der Waals surface area contributed by atoms with Gasteiger partial charge in [-0.15, -0.1) is 11.3 Å². The van der Waals surface area contributed by atoms with Crippen LogP contribution < -0.4 is 11.6 Å². The lowest BCUT2D eigenvalue weighted by Crippen LogP contribution is -2.51. The quantitative estimate of drug-likeness (QED) is 0.369. The van der Waals surface area contributed by atoms with E-state index < -0.39 is 41.1 Å². The molecule has 0 saturated carbocycles. The highest BCUT2D eigenvalue weighted by Gasteiger charge is 2.50. The van der Waals surface area contributed by atoms with E-state index in [0.29, 0.717) is 16.2 Å². The van der Waals surface area contributed by atoms with Gasteiger partial charge in [-0.3, -0.25) is 9.59 Å². The minimum atomic E-state index is -5.01. The molecular formula is C17H20F6N4O3S. The van der Waals surface area contributed by atoms with E-state index in [4.69, 9.17) is 16.3 Å². The molecule has 4 N–H and O–H groups in total. The Balaban J connectivity index is 0.000000501. The van der Waals surface area contributed by atoms with Gasteiger partial charge >= 0.3 is 18.3 Å². The normalized spacial score (nSPS) is 18.6. The summed E-state index contributed by atoms with van der Waals surface area (Å²) in [5, 5.41) is 1.38. The fraction of sp³-hybridized carbons (Fsp3) is 0.529. The molecule has 0 unspecified atom stereocenters. The number of hydrogen-bond acceptors (Lipinski definition) is 7. The number of piperidine rings is 1. The Morgan fingerprint density at radius 2 is 1.84 bits per heavy atom. The fourth-order valence-corrected chi connectivity index (χ4v) is 4.42. The summed E-state index contributed by atoms with van der Waals surface area (Å²) in [5.74, 6) is 2.48. The zero-order valence-electron chi connectivity index (χ0n) is 16.2. The number of fused-ring (bicyclic) bond motifs is 2. The number of carbonyl (C=O) groups is 2. The average Bonchev–Trinajstić information content (AvgIpc) is 3.12. The standard InChI is InChI=1S/C14H11F6NO3S.C3H9N3/c15-13(16,17)9-5-7-8(22)6-24-12(10(7)25-9)1-3-21(4-2-12)11(23)14(18,19)20;1-6(5)3-2-4/h5H,1-4,6H2;2-3H,4-5H2,1H3/b;3-2-. The molecular weight excluding hydrogens is 454 g/mol. The Bertz CT molecular complexity index is 842. The van der Waals surface area contributed by atoms with Crippen molar-refractivity contribution in [2.24, 2.45) is 11.6 Å². The van der Waals surface area contributed by atoms with Gasteiger partial charge in [-0.1, -0.05) is 0 Å². The summed E-state index contributed by atoms with van der Waals surface area (Å²) in [5.41, 5.74) is 3.57. The summed E-state index contributed by atoms with van der Waals surface area (Å²) in [6, 6.07) is 0.764. The van der Waals surface area contributed by atoms with Crippen molar-refractivity contribution in [2.45, 2.75) is 30.8 Å². The predicted octanol–water partition coefficient (Wildman–Crippen LogP) is 2.58. The third kappa shape index (κ3) is 5.68. The van der Waals surface area contributed by atoms with Gasteiger partial charge in [0.05, 0.1) is 0 Å². The average molecular weight is 474 g/mol. The van der Waals surface area contributed by atoms with Crippen LogP contribution in [0.3, 0.4) is 0 Å². The van der Waals surface area contributed by atoms with Crippen LogP contribution in [0.15, 0.2) is 18.5 Å². The number of ether oxygens (including phenoxy) is 1. The highest BCUT2D eigenvalue weighted by Crippen LogP contribution is 2.48. The molecule has 1 aromatic heterocycles. The molecule has 2 aliphatic heterocycles. The smallest absolute Gasteiger partial charge is 0.403 e. The van der Waals surface area contributed by atoms with E-state index in [-0.39, 0.29) is 36.4 Å². The summed E-state index contributed by atoms with van der Waals surface area (Å²) < 4.78 is 81.8. The number of amides is 1. The van der Waals surface area contributed by atoms with E-state index in [0.717, 1.165) is 6.07 Å². The topological polar surface area (TPSA) is 102 Å². The predicted molar refractivity (Wildman–Crippen MR) is 98.4 cm³/mol. The molecule has 1 amide bonds. The molecule has 0 radical (unpaired) electrons. The van der Waals surface area contributed by atoms with Crippen molar-refractivity contribution in [2.75, 3.05) is 26.7 Å². The van der Waals surface area contributed by atoms with Gasteiger partial charge in [-0.05, 0) is 18.9 Å². The summed E-state index contributed by atoms with van der Waals surface area (Å²) >= 11 is 0.370. The molecule has 1 fully saturated rings. The molecule has 2 aliphatic rings. The zero-order valence-corrected chi connectivity index (χ0v) is 17.0. The molecule has 0 aliphatic carbocycles. The molecule has 14 heteroatoms. The molecule has 174 valence electrons. The van der Waals surface area contributed by atoms with Crippen molar-refractivity contribution in [3.05, 3.63) is 33.8 Å². The van der Waals surface area contributed by atoms with Crippen molar-refractivity contribution in [1.29, 1.82) is 0 Å². The van der Waals surface area contributed by atoms with Crippen LogP contribution >= 0.6 is 11.3 Å². The summed E-state index contributed by atoms with van der Waals surface area (Å²) in [6.07, 6.45) is -6.91. The Kier molecular flexibility index (Phi) is 7.28. The Morgan fingerprint density at radius 3 is 2.26 bits per heavy atom. The highest BCUT2D eigenvalue weighted by molar-refractivity contribution is 7.12. The van der Waals surface area contributed by atoms with E-state index in [1.54, 1.807) is 13.2 Å². The second-order valence-electron chi connectivity index (χ2n) is 6.85. The SMILES string of the molecule is CN(N)/C=C\N.O=C1COC2(CCN(C(=O)C(F)(F)F)CC2)c2sc(C(F)(F)F)cc21. The second-order valence-corrected chi connectivity index (χ2v) is 7.91. The van der Waals surface area contributed by atoms with Crippen LogP contribution in [0.1, 0.15) is 33.0 Å². The Labute approximate surface area is 177 Å². The second kappa shape index (κ2) is 9.04. The van der Waals surface area contributed by atoms with Crippen molar-refractivity contribution < 1.29 is 40.7 Å². The molecule has 3 rings (SSSR count). The first-order valence-electron chi connectivity index (χ1n) is 8.82. The van der Waals surface area contributed by atoms with Gasteiger partial charge in [0.25, 0.3) is 0 Å². The lowest BCUT2D eigenvalue weighted by molar-refractivity contribution is -0.190. The number of rotatable bonds is 1. The number of Topliss-reactive ketones (excluding diaryl/α,β-unsaturated/α-hetero) is 1. The van der Waals surface area contributed by atoms with Gasteiger partial charge in [0.1, 0.15) is 17.1 Å². The largest absolute Gasteiger partial charge is 0.471 e. The van der Waals surface area contributed by atoms with Gasteiger partial charge in [0.15, 0.2) is 5.78 Å². The van der Waals surface area contributed by atoms with Crippen LogP contribution in [-0.2, 0) is 21.3 Å². The molecule has 0 aromatic carbocycles. The van der Waals surface area contributed by atoms with Crippen LogP contribution in [0.5, 0.6) is 0 Å². The number of halogens is 6. The maximum absolute atomic E-state index is 12.9. The highest BCUT2D eigenvalue weighted by atomic mass is 32.1. The van der Waals surface area contributed by atoms with Crippen molar-refractivity contribution in [3.8, 4) is 0 Å². The number of hydrazine groups is 1. The van der Waals surface area contributed by atoms with E-state index >= 15 is 0 Å². The number of nitrogens with zero attached hydrogens (tertiary/aromatic N) is 2. The van der Waals surface area contributed by atoms with Crippen molar-refractivity contribution in [1.82, 2.24) is 9.91 Å². The van der Waals surface area contributed by atoms with E-state index in [2.05, 4.69) is 0 Å². The molecule has 7 nitrogen and oxygen atoms in total. The number of hydrogen-bond donors (Lipinski definition) is 2. The number of likely N-dealkylation sites (tertiary alicyclic amines) is 1. The van der Waals surface area contributed by atoms with Gasteiger partial charge in [0.2, 0.25) is 0 Å². The first-order chi connectivity index (χ1) is 14.2. The minimum Gasteiger partial charge on any atom is -0.403 e. The molecule has 0 bridgehead atoms. The van der Waals surface area contributed by atoms with Gasteiger partial charge in [0, 0.05) is 43.0 Å². The first kappa shape index (κ1) is 24.9. The molecule has 31 heavy (non-hydrogen) atoms. The number of ketones is 1. The van der Waals surface area contributed by atoms with Gasteiger partial charge < -0.3 is 20.4 Å². The zero-order chi connectivity index (χ0) is 23.6. The monoisotopic (exact) mass is 474 g/mol. The lowest BCUT2D eigenvalue weighted by Gasteiger charge is -2.43. The lowest BCUT2D eigenvalue weighted by atomic mass is 9.85. The molecule has 3 heterocycles. The summed E-state index contributed by atoms with van der Waals surface area (Å²) in [7, 11) is 1.70. The van der Waals surface area contributed by atoms with Crippen LogP contribution in [-0.4, -0.2) is 54.5 Å². The van der Waals surface area contributed by atoms with Crippen LogP contribution in [0.25, 0.3) is 0 Å². The molecule has 1 aromatic rings. The van der Waals surface area contributed by atoms with Crippen molar-refractivity contribution >= 4 is 23.0 Å². The Hall–Kier alpha value is -2.32. The van der Waals surface area contributed by atoms with Crippen LogP contribution in [0, 0.1) is 0 Å². The third-order valence-electron chi connectivity index (χ3n) is 4.63. The molecule has 1 spiro atoms. The van der Waals surface area contributed by atoms with Crippen LogP contribution in [0.4, 0.5) is 26.3 Å². The van der Waals surface area contributed by atoms with E-state index in [9.17, 15) is 35.9 Å². The fourth-order valence-electron chi connectivity index (χ4n) is 3.18. The summed E-state index contributed by atoms with van der Waals surface area (Å²) in [6.45, 7) is -1.06. The maximum Gasteiger partial charge on any atom is 0.471 e. The minimum absolute atomic E-state index is 0.0789. The maximum atomic E-state index is 12.9. The Morgan fingerprint density at radius 1 is 1.26 bits per heavy atom. The van der Waals surface area contributed by atoms with E-state index in [1.807, 2.05) is 0 Å². The van der Waals surface area contributed by atoms with Crippen molar-refractivity contribution in [3.63, 3.8) is 0 Å². The molecule has 1 saturated heterocycles. The first-order valence-corrected chi connectivity index (χ1v) is 9.63. The van der Waals surface area contributed by atoms with Crippen LogP contribution in [0.2, 0.25) is 0 Å². The number of thiophene rings is 1. The number of alkyl halides is 6. The number of nitrogens with two attached hydrogens (primary N) is 2. The van der Waals surface area contributed by atoms with Gasteiger partial charge in [-0.2, -0.15) is 26.3 Å². The summed E-state index contributed by atoms with van der Waals surface area (Å²) in [4.78, 5) is 22.9. The number of carbonyl (C=O) groups excluding carboxylic acids is 2.